The normalized spacial score (nSPS) is 13.4. The highest BCUT2D eigenvalue weighted by Crippen LogP contribution is 2.43. The predicted molar refractivity (Wildman–Crippen MR) is 170 cm³/mol. The minimum Gasteiger partial charge on any atom is -0.496 e. The van der Waals surface area contributed by atoms with Crippen LogP contribution in [0.15, 0.2) is 72.9 Å². The molecular weight excluding hydrogens is 547 g/mol. The number of methoxy groups -OCH3 is 2. The molecule has 8 heteroatoms. The van der Waals surface area contributed by atoms with Gasteiger partial charge in [0.05, 0.1) is 19.8 Å². The Hall–Kier alpha value is -4.35. The number of fused-ring (bicyclic) bond motifs is 1. The summed E-state index contributed by atoms with van der Waals surface area (Å²) >= 11 is 0. The fraction of sp³-hybridized carbons (Fsp3) is 0.235. The van der Waals surface area contributed by atoms with E-state index >= 15 is 0 Å². The number of ether oxygens (including phenoxy) is 4. The van der Waals surface area contributed by atoms with Gasteiger partial charge in [-0.05, 0) is 86.1 Å². The Bertz CT molecular complexity index is 1700. The minimum atomic E-state index is -0.571. The third-order valence-corrected chi connectivity index (χ3v) is 7.54. The third-order valence-electron chi connectivity index (χ3n) is 7.18. The van der Waals surface area contributed by atoms with Gasteiger partial charge >= 0.3 is 5.97 Å². The molecule has 7 nitrogen and oxygen atoms in total. The lowest BCUT2D eigenvalue weighted by atomic mass is 9.85. The van der Waals surface area contributed by atoms with Gasteiger partial charge < -0.3 is 24.3 Å². The molecule has 0 amide bonds. The number of carbonyl (C=O) groups is 1. The van der Waals surface area contributed by atoms with Crippen LogP contribution in [0.2, 0.25) is 0 Å². The van der Waals surface area contributed by atoms with Crippen molar-refractivity contribution in [1.82, 2.24) is 4.98 Å². The molecular formula is C34H35N2O5P. The van der Waals surface area contributed by atoms with Gasteiger partial charge in [0.1, 0.15) is 29.4 Å². The van der Waals surface area contributed by atoms with Crippen molar-refractivity contribution in [2.75, 3.05) is 19.5 Å². The van der Waals surface area contributed by atoms with Gasteiger partial charge in [0, 0.05) is 34.6 Å². The highest BCUT2D eigenvalue weighted by atomic mass is 31.0. The number of allylic oxidation sites excluding steroid dienone is 1. The van der Waals surface area contributed by atoms with E-state index < -0.39 is 5.97 Å². The maximum Gasteiger partial charge on any atom is 0.349 e. The van der Waals surface area contributed by atoms with Crippen LogP contribution < -0.4 is 29.6 Å². The van der Waals surface area contributed by atoms with Crippen molar-refractivity contribution in [3.05, 3.63) is 95.2 Å². The largest absolute Gasteiger partial charge is 0.496 e. The monoisotopic (exact) mass is 582 g/mol. The molecule has 1 N–H and O–H groups in total. The van der Waals surface area contributed by atoms with Gasteiger partial charge in [-0.25, -0.2) is 9.78 Å². The van der Waals surface area contributed by atoms with Crippen LogP contribution >= 0.6 is 9.24 Å². The van der Waals surface area contributed by atoms with E-state index in [9.17, 15) is 4.79 Å². The molecule has 42 heavy (non-hydrogen) atoms. The van der Waals surface area contributed by atoms with Crippen LogP contribution in [-0.4, -0.2) is 30.7 Å². The summed E-state index contributed by atoms with van der Waals surface area (Å²) in [5.74, 6) is 1.37. The van der Waals surface area contributed by atoms with Crippen LogP contribution in [0.1, 0.15) is 47.8 Å². The van der Waals surface area contributed by atoms with Crippen LogP contribution in [0.5, 0.6) is 23.1 Å². The fourth-order valence-electron chi connectivity index (χ4n) is 5.35. The third kappa shape index (κ3) is 5.97. The van der Waals surface area contributed by atoms with E-state index in [1.54, 1.807) is 37.6 Å². The molecule has 0 radical (unpaired) electrons. The number of nitrogens with one attached hydrogen (secondary N) is 1. The lowest BCUT2D eigenvalue weighted by molar-refractivity contribution is 0.0730. The summed E-state index contributed by atoms with van der Waals surface area (Å²) in [6.45, 7) is 8.83. The first-order chi connectivity index (χ1) is 20.1. The first-order valence-electron chi connectivity index (χ1n) is 13.6. The Kier molecular flexibility index (Phi) is 8.24. The molecule has 1 atom stereocenters. The first kappa shape index (κ1) is 29.2. The number of hydrogen-bond acceptors (Lipinski definition) is 7. The lowest BCUT2D eigenvalue weighted by Crippen LogP contribution is -2.32. The highest BCUT2D eigenvalue weighted by Gasteiger charge is 2.27. The summed E-state index contributed by atoms with van der Waals surface area (Å²) in [7, 11) is 5.79. The van der Waals surface area contributed by atoms with Gasteiger partial charge in [0.2, 0.25) is 5.88 Å². The number of aryl methyl sites for hydroxylation is 1. The molecule has 0 aliphatic carbocycles. The van der Waals surface area contributed by atoms with Crippen molar-refractivity contribution in [3.63, 3.8) is 0 Å². The van der Waals surface area contributed by atoms with Crippen molar-refractivity contribution in [2.45, 2.75) is 39.8 Å². The SMILES string of the molecule is COc1cc(OC(=O)c2cccnc2OC)ccc1-c1ccc2c(c1COc1cc(P)ccc1C)C(C)=CC(C)(C)N2. The van der Waals surface area contributed by atoms with Crippen LogP contribution in [-0.2, 0) is 6.61 Å². The number of pyridine rings is 1. The van der Waals surface area contributed by atoms with Crippen LogP contribution in [0.25, 0.3) is 16.7 Å². The Morgan fingerprint density at radius 3 is 2.50 bits per heavy atom. The zero-order valence-electron chi connectivity index (χ0n) is 24.7. The molecule has 216 valence electrons. The fourth-order valence-corrected chi connectivity index (χ4v) is 5.60. The van der Waals surface area contributed by atoms with Crippen molar-refractivity contribution >= 4 is 31.8 Å². The molecule has 1 aliphatic heterocycles. The summed E-state index contributed by atoms with van der Waals surface area (Å²) in [5.41, 5.74) is 7.29. The van der Waals surface area contributed by atoms with Gasteiger partial charge in [0.15, 0.2) is 0 Å². The molecule has 0 saturated carbocycles. The maximum absolute atomic E-state index is 12.9. The molecule has 2 heterocycles. The van der Waals surface area contributed by atoms with Gasteiger partial charge in [-0.1, -0.05) is 24.3 Å². The van der Waals surface area contributed by atoms with Gasteiger partial charge in [-0.3, -0.25) is 0 Å². The zero-order chi connectivity index (χ0) is 30.0. The zero-order valence-corrected chi connectivity index (χ0v) is 25.9. The summed E-state index contributed by atoms with van der Waals surface area (Å²) in [4.78, 5) is 17.0. The average Bonchev–Trinajstić information content (AvgIpc) is 2.96. The molecule has 1 unspecified atom stereocenters. The summed E-state index contributed by atoms with van der Waals surface area (Å²) in [6, 6.07) is 19.0. The molecule has 0 spiro atoms. The summed E-state index contributed by atoms with van der Waals surface area (Å²) in [6.07, 6.45) is 3.80. The second-order valence-electron chi connectivity index (χ2n) is 10.8. The Labute approximate surface area is 249 Å². The number of esters is 1. The second kappa shape index (κ2) is 11.9. The molecule has 1 aromatic heterocycles. The number of hydrogen-bond donors (Lipinski definition) is 1. The number of aromatic nitrogens is 1. The van der Waals surface area contributed by atoms with Gasteiger partial charge in [0.25, 0.3) is 0 Å². The maximum atomic E-state index is 12.9. The standard InChI is InChI=1S/C34H35N2O5P/c1-20-9-11-23(42)17-29(20)40-19-27-24(13-14-28-31(27)21(2)18-34(3,4)36-28)25-12-10-22(16-30(25)38-5)41-33(37)26-8-7-15-35-32(26)39-6/h7-18,36H,19,42H2,1-6H3. The Morgan fingerprint density at radius 1 is 0.952 bits per heavy atom. The molecule has 0 bridgehead atoms. The molecule has 0 fully saturated rings. The van der Waals surface area contributed by atoms with E-state index in [1.165, 1.54) is 12.7 Å². The van der Waals surface area contributed by atoms with Crippen molar-refractivity contribution in [1.29, 1.82) is 0 Å². The Morgan fingerprint density at radius 2 is 1.74 bits per heavy atom. The molecule has 5 rings (SSSR count). The van der Waals surface area contributed by atoms with Crippen LogP contribution in [0.4, 0.5) is 5.69 Å². The first-order valence-corrected chi connectivity index (χ1v) is 14.2. The summed E-state index contributed by atoms with van der Waals surface area (Å²) < 4.78 is 23.2. The van der Waals surface area contributed by atoms with Crippen LogP contribution in [0.3, 0.4) is 0 Å². The quantitative estimate of drug-likeness (QED) is 0.136. The number of benzene rings is 3. The van der Waals surface area contributed by atoms with Gasteiger partial charge in [-0.15, -0.1) is 9.24 Å². The van der Waals surface area contributed by atoms with Gasteiger partial charge in [-0.2, -0.15) is 0 Å². The predicted octanol–water partition coefficient (Wildman–Crippen LogP) is 6.98. The highest BCUT2D eigenvalue weighted by molar-refractivity contribution is 7.27. The van der Waals surface area contributed by atoms with Crippen molar-refractivity contribution in [3.8, 4) is 34.3 Å². The van der Waals surface area contributed by atoms with E-state index in [1.807, 2.05) is 25.1 Å². The second-order valence-corrected chi connectivity index (χ2v) is 11.5. The van der Waals surface area contributed by atoms with E-state index in [-0.39, 0.29) is 17.0 Å². The van der Waals surface area contributed by atoms with E-state index in [2.05, 4.69) is 64.6 Å². The molecule has 0 saturated heterocycles. The number of nitrogens with zero attached hydrogens (tertiary/aromatic N) is 1. The number of anilines is 1. The molecule has 3 aromatic carbocycles. The average molecular weight is 583 g/mol. The topological polar surface area (TPSA) is 78.9 Å². The minimum absolute atomic E-state index is 0.179. The Balaban J connectivity index is 1.56. The molecule has 4 aromatic rings. The van der Waals surface area contributed by atoms with Crippen LogP contribution in [0, 0.1) is 6.92 Å². The molecule has 1 aliphatic rings. The number of rotatable bonds is 8. The van der Waals surface area contributed by atoms with E-state index in [4.69, 9.17) is 18.9 Å². The van der Waals surface area contributed by atoms with E-state index in [0.29, 0.717) is 18.1 Å². The van der Waals surface area contributed by atoms with Crippen molar-refractivity contribution < 1.29 is 23.7 Å². The lowest BCUT2D eigenvalue weighted by Gasteiger charge is -2.33. The number of carbonyl (C=O) groups excluding carboxylic acids is 1. The van der Waals surface area contributed by atoms with Crippen molar-refractivity contribution in [2.24, 2.45) is 0 Å². The smallest absolute Gasteiger partial charge is 0.349 e. The summed E-state index contributed by atoms with van der Waals surface area (Å²) in [5, 5.41) is 4.71. The van der Waals surface area contributed by atoms with E-state index in [0.717, 1.165) is 44.6 Å².